The first-order valence-electron chi connectivity index (χ1n) is 16.9. The number of ether oxygens (including phenoxy) is 1. The molecule has 0 aromatic heterocycles. The molecule has 0 N–H and O–H groups in total. The van der Waals surface area contributed by atoms with Gasteiger partial charge >= 0.3 is 0 Å². The number of para-hydroxylation sites is 2. The summed E-state index contributed by atoms with van der Waals surface area (Å²) in [7, 11) is 0. The molecule has 0 bridgehead atoms. The first kappa shape index (κ1) is 27.7. The molecule has 0 saturated carbocycles. The summed E-state index contributed by atoms with van der Waals surface area (Å²) < 4.78 is 6.59. The minimum atomic E-state index is 0.872. The van der Waals surface area contributed by atoms with Gasteiger partial charge in [-0.15, -0.1) is 0 Å². The van der Waals surface area contributed by atoms with E-state index in [1.54, 1.807) is 0 Å². The van der Waals surface area contributed by atoms with Crippen LogP contribution in [0.4, 0.5) is 0 Å². The molecule has 1 aliphatic heterocycles. The molecule has 0 atom stereocenters. The fourth-order valence-electron chi connectivity index (χ4n) is 7.96. The van der Waals surface area contributed by atoms with Gasteiger partial charge in [-0.05, 0) is 95.0 Å². The number of hydrogen-bond donors (Lipinski definition) is 0. The van der Waals surface area contributed by atoms with E-state index in [-0.39, 0.29) is 0 Å². The molecule has 9 aromatic rings. The molecule has 0 fully saturated rings. The second-order valence-corrected chi connectivity index (χ2v) is 12.8. The lowest BCUT2D eigenvalue weighted by Gasteiger charge is -2.24. The molecule has 0 amide bonds. The molecule has 49 heavy (non-hydrogen) atoms. The summed E-state index contributed by atoms with van der Waals surface area (Å²) in [6, 6.07) is 65.7. The van der Waals surface area contributed by atoms with Crippen LogP contribution >= 0.6 is 0 Å². The highest BCUT2D eigenvalue weighted by molar-refractivity contribution is 6.25. The Morgan fingerprint density at radius 2 is 0.714 bits per heavy atom. The smallest absolute Gasteiger partial charge is 0.135 e. The van der Waals surface area contributed by atoms with E-state index in [1.165, 1.54) is 76.8 Å². The molecule has 10 rings (SSSR count). The number of benzene rings is 9. The summed E-state index contributed by atoms with van der Waals surface area (Å²) in [4.78, 5) is 0. The van der Waals surface area contributed by atoms with Gasteiger partial charge in [0.2, 0.25) is 0 Å². The van der Waals surface area contributed by atoms with Gasteiger partial charge in [0.25, 0.3) is 0 Å². The SMILES string of the molecule is c1ccc(-c2cccc(-c3c4ccccc4c(-c4ccc5c6c(cccc46)-c4ccccc4Oc4ccccc4-5)c4ccccc34)c2)cc1. The summed E-state index contributed by atoms with van der Waals surface area (Å²) in [6.45, 7) is 0. The lowest BCUT2D eigenvalue weighted by molar-refractivity contribution is 0.486. The first-order valence-corrected chi connectivity index (χ1v) is 16.9. The Bertz CT molecular complexity index is 2630. The van der Waals surface area contributed by atoms with Crippen molar-refractivity contribution < 1.29 is 4.74 Å². The normalized spacial score (nSPS) is 11.8. The highest BCUT2D eigenvalue weighted by atomic mass is 16.5. The van der Waals surface area contributed by atoms with Gasteiger partial charge in [-0.3, -0.25) is 0 Å². The average Bonchev–Trinajstić information content (AvgIpc) is 3.17. The highest BCUT2D eigenvalue weighted by Crippen LogP contribution is 2.51. The fourth-order valence-corrected chi connectivity index (χ4v) is 7.96. The van der Waals surface area contributed by atoms with Crippen LogP contribution in [0.3, 0.4) is 0 Å². The van der Waals surface area contributed by atoms with E-state index < -0.39 is 0 Å². The lowest BCUT2D eigenvalue weighted by atomic mass is 9.82. The van der Waals surface area contributed by atoms with Crippen molar-refractivity contribution in [2.75, 3.05) is 0 Å². The van der Waals surface area contributed by atoms with Gasteiger partial charge in [0.1, 0.15) is 11.5 Å². The second-order valence-electron chi connectivity index (χ2n) is 12.8. The van der Waals surface area contributed by atoms with Crippen molar-refractivity contribution in [2.45, 2.75) is 0 Å². The van der Waals surface area contributed by atoms with Gasteiger partial charge in [-0.2, -0.15) is 0 Å². The van der Waals surface area contributed by atoms with Crippen molar-refractivity contribution in [3.63, 3.8) is 0 Å². The molecule has 1 nitrogen and oxygen atoms in total. The second kappa shape index (κ2) is 11.1. The Kier molecular flexibility index (Phi) is 6.25. The van der Waals surface area contributed by atoms with Crippen LogP contribution in [-0.4, -0.2) is 0 Å². The zero-order chi connectivity index (χ0) is 32.3. The minimum absolute atomic E-state index is 0.872. The molecule has 0 radical (unpaired) electrons. The van der Waals surface area contributed by atoms with Gasteiger partial charge < -0.3 is 4.74 Å². The fraction of sp³-hybridized carbons (Fsp3) is 0. The third-order valence-corrected chi connectivity index (χ3v) is 10.1. The average molecular weight is 623 g/mol. The lowest BCUT2D eigenvalue weighted by Crippen LogP contribution is -1.98. The van der Waals surface area contributed by atoms with E-state index >= 15 is 0 Å². The summed E-state index contributed by atoms with van der Waals surface area (Å²) in [6.07, 6.45) is 0. The predicted octanol–water partition coefficient (Wildman–Crippen LogP) is 13.6. The molecule has 228 valence electrons. The molecule has 0 spiro atoms. The highest BCUT2D eigenvalue weighted by Gasteiger charge is 2.24. The molecule has 0 aliphatic carbocycles. The van der Waals surface area contributed by atoms with E-state index in [1.807, 2.05) is 0 Å². The Morgan fingerprint density at radius 1 is 0.265 bits per heavy atom. The monoisotopic (exact) mass is 622 g/mol. The van der Waals surface area contributed by atoms with E-state index in [4.69, 9.17) is 4.74 Å². The maximum Gasteiger partial charge on any atom is 0.135 e. The van der Waals surface area contributed by atoms with Gasteiger partial charge in [0, 0.05) is 11.1 Å². The summed E-state index contributed by atoms with van der Waals surface area (Å²) >= 11 is 0. The van der Waals surface area contributed by atoms with E-state index in [0.717, 1.165) is 22.6 Å². The number of fused-ring (bicyclic) bond motifs is 6. The molecule has 0 saturated heterocycles. The maximum absolute atomic E-state index is 6.59. The predicted molar refractivity (Wildman–Crippen MR) is 206 cm³/mol. The van der Waals surface area contributed by atoms with Crippen LogP contribution in [-0.2, 0) is 0 Å². The van der Waals surface area contributed by atoms with Gasteiger partial charge in [0.05, 0.1) is 0 Å². The maximum atomic E-state index is 6.59. The zero-order valence-electron chi connectivity index (χ0n) is 26.7. The Labute approximate surface area is 285 Å². The molecular weight excluding hydrogens is 593 g/mol. The van der Waals surface area contributed by atoms with Crippen LogP contribution in [0.1, 0.15) is 0 Å². The molecular formula is C48H30O. The van der Waals surface area contributed by atoms with Crippen molar-refractivity contribution in [3.8, 4) is 67.1 Å². The quantitative estimate of drug-likeness (QED) is 0.178. The Morgan fingerprint density at radius 3 is 1.39 bits per heavy atom. The van der Waals surface area contributed by atoms with Crippen molar-refractivity contribution in [3.05, 3.63) is 182 Å². The topological polar surface area (TPSA) is 9.23 Å². The van der Waals surface area contributed by atoms with Gasteiger partial charge in [-0.1, -0.05) is 164 Å². The Balaban J connectivity index is 1.31. The third kappa shape index (κ3) is 4.33. The molecule has 1 heterocycles. The van der Waals surface area contributed by atoms with Crippen LogP contribution in [0.15, 0.2) is 182 Å². The van der Waals surface area contributed by atoms with Crippen LogP contribution < -0.4 is 4.74 Å². The van der Waals surface area contributed by atoms with Crippen molar-refractivity contribution in [1.82, 2.24) is 0 Å². The van der Waals surface area contributed by atoms with E-state index in [9.17, 15) is 0 Å². The van der Waals surface area contributed by atoms with Gasteiger partial charge in [-0.25, -0.2) is 0 Å². The number of hydrogen-bond acceptors (Lipinski definition) is 1. The van der Waals surface area contributed by atoms with Crippen molar-refractivity contribution in [2.24, 2.45) is 0 Å². The summed E-state index contributed by atoms with van der Waals surface area (Å²) in [5, 5.41) is 7.47. The molecule has 1 aliphatic rings. The van der Waals surface area contributed by atoms with Gasteiger partial charge in [0.15, 0.2) is 0 Å². The standard InChI is InChI=1S/C48H30O/c1-2-14-31(15-3-1)32-16-12-17-33(30-32)46-37-20-4-6-22-39(37)48(40-23-7-5-21-38(40)46)43-29-28-42-35-19-9-11-27-45(35)49-44-26-10-8-18-34(44)36-24-13-25-41(43)47(36)42/h1-30H. The molecule has 9 aromatic carbocycles. The van der Waals surface area contributed by atoms with Crippen LogP contribution in [0.25, 0.3) is 88.0 Å². The first-order chi connectivity index (χ1) is 24.3. The van der Waals surface area contributed by atoms with Crippen LogP contribution in [0, 0.1) is 0 Å². The van der Waals surface area contributed by atoms with E-state index in [2.05, 4.69) is 182 Å². The Hall–Kier alpha value is -6.44. The van der Waals surface area contributed by atoms with Crippen molar-refractivity contribution >= 4 is 32.3 Å². The molecule has 0 unspecified atom stereocenters. The zero-order valence-corrected chi connectivity index (χ0v) is 26.7. The van der Waals surface area contributed by atoms with E-state index in [0.29, 0.717) is 0 Å². The summed E-state index contributed by atoms with van der Waals surface area (Å²) in [5.41, 5.74) is 12.0. The minimum Gasteiger partial charge on any atom is -0.456 e. The summed E-state index contributed by atoms with van der Waals surface area (Å²) in [5.74, 6) is 1.74. The largest absolute Gasteiger partial charge is 0.456 e. The van der Waals surface area contributed by atoms with Crippen LogP contribution in [0.2, 0.25) is 0 Å². The van der Waals surface area contributed by atoms with Crippen molar-refractivity contribution in [1.29, 1.82) is 0 Å². The molecule has 1 heteroatoms. The van der Waals surface area contributed by atoms with Crippen LogP contribution in [0.5, 0.6) is 11.5 Å². The number of rotatable bonds is 3. The third-order valence-electron chi connectivity index (χ3n) is 10.1.